The molecule has 0 aliphatic heterocycles. The fourth-order valence-corrected chi connectivity index (χ4v) is 3.17. The molecule has 0 atom stereocenters. The highest BCUT2D eigenvalue weighted by molar-refractivity contribution is 6.30. The first-order valence-electron chi connectivity index (χ1n) is 9.64. The van der Waals surface area contributed by atoms with Crippen LogP contribution in [0.2, 0.25) is 5.02 Å². The summed E-state index contributed by atoms with van der Waals surface area (Å²) >= 11 is 5.80. The number of hydrogen-bond donors (Lipinski definition) is 0. The molecule has 0 aliphatic carbocycles. The first kappa shape index (κ1) is 23.2. The van der Waals surface area contributed by atoms with Crippen LogP contribution in [0.3, 0.4) is 0 Å². The lowest BCUT2D eigenvalue weighted by Crippen LogP contribution is -2.00. The number of carbonyl (C=O) groups excluding carboxylic acids is 1. The number of allylic oxidation sites excluding steroid dienone is 1. The van der Waals surface area contributed by atoms with Crippen LogP contribution in [-0.2, 0) is 6.61 Å². The number of halogens is 2. The minimum absolute atomic E-state index is 0.0141. The average molecular weight is 457 g/mol. The highest BCUT2D eigenvalue weighted by Crippen LogP contribution is 2.28. The predicted octanol–water partition coefficient (Wildman–Crippen LogP) is 5.98. The molecular formula is C25H22ClFO5. The molecule has 0 radical (unpaired) electrons. The van der Waals surface area contributed by atoms with Crippen LogP contribution in [0.25, 0.3) is 6.08 Å². The van der Waals surface area contributed by atoms with Crippen molar-refractivity contribution in [2.45, 2.75) is 6.61 Å². The van der Waals surface area contributed by atoms with E-state index in [1.54, 1.807) is 37.5 Å². The molecule has 166 valence electrons. The summed E-state index contributed by atoms with van der Waals surface area (Å²) < 4.78 is 34.9. The van der Waals surface area contributed by atoms with Crippen molar-refractivity contribution in [1.29, 1.82) is 0 Å². The van der Waals surface area contributed by atoms with Crippen LogP contribution in [0, 0.1) is 5.82 Å². The third-order valence-electron chi connectivity index (χ3n) is 4.69. The van der Waals surface area contributed by atoms with E-state index in [9.17, 15) is 9.18 Å². The molecule has 0 heterocycles. The fraction of sp³-hybridized carbons (Fsp3) is 0.160. The molecule has 3 aromatic carbocycles. The van der Waals surface area contributed by atoms with Gasteiger partial charge in [0, 0.05) is 17.2 Å². The minimum atomic E-state index is -0.511. The van der Waals surface area contributed by atoms with Gasteiger partial charge in [-0.05, 0) is 54.1 Å². The Morgan fingerprint density at radius 3 is 2.31 bits per heavy atom. The van der Waals surface area contributed by atoms with Gasteiger partial charge in [0.05, 0.1) is 26.4 Å². The van der Waals surface area contributed by atoms with Crippen LogP contribution in [0.4, 0.5) is 4.39 Å². The van der Waals surface area contributed by atoms with Crippen LogP contribution >= 0.6 is 11.6 Å². The monoisotopic (exact) mass is 456 g/mol. The molecule has 32 heavy (non-hydrogen) atoms. The Morgan fingerprint density at radius 2 is 1.62 bits per heavy atom. The van der Waals surface area contributed by atoms with Crippen molar-refractivity contribution in [3.8, 4) is 23.0 Å². The van der Waals surface area contributed by atoms with E-state index in [1.165, 1.54) is 38.5 Å². The lowest BCUT2D eigenvalue weighted by atomic mass is 10.1. The Morgan fingerprint density at radius 1 is 0.906 bits per heavy atom. The van der Waals surface area contributed by atoms with Crippen LogP contribution in [0.1, 0.15) is 21.5 Å². The highest BCUT2D eigenvalue weighted by Gasteiger charge is 2.10. The maximum atomic E-state index is 13.3. The zero-order valence-corrected chi connectivity index (χ0v) is 18.6. The van der Waals surface area contributed by atoms with Crippen LogP contribution in [0.15, 0.2) is 60.7 Å². The van der Waals surface area contributed by atoms with Gasteiger partial charge in [-0.1, -0.05) is 23.7 Å². The van der Waals surface area contributed by atoms with Crippen molar-refractivity contribution in [2.24, 2.45) is 0 Å². The molecule has 0 fully saturated rings. The summed E-state index contributed by atoms with van der Waals surface area (Å²) in [6.45, 7) is 0.177. The highest BCUT2D eigenvalue weighted by atomic mass is 35.5. The first-order chi connectivity index (χ1) is 15.4. The van der Waals surface area contributed by atoms with Gasteiger partial charge in [-0.15, -0.1) is 0 Å². The number of carbonyl (C=O) groups is 1. The van der Waals surface area contributed by atoms with Gasteiger partial charge in [-0.3, -0.25) is 4.79 Å². The van der Waals surface area contributed by atoms with Gasteiger partial charge in [0.15, 0.2) is 17.3 Å². The molecule has 0 bridgehead atoms. The second-order valence-corrected chi connectivity index (χ2v) is 7.11. The normalized spacial score (nSPS) is 10.8. The van der Waals surface area contributed by atoms with Gasteiger partial charge < -0.3 is 18.9 Å². The molecule has 0 aliphatic rings. The Bertz CT molecular complexity index is 1140. The molecule has 0 N–H and O–H groups in total. The zero-order chi connectivity index (χ0) is 23.1. The second-order valence-electron chi connectivity index (χ2n) is 6.70. The standard InChI is InChI=1S/C25H22ClFO5/c1-29-23-10-5-16(12-18(23)15-32-19-7-8-21(27)20(26)14-19)4-9-22(28)17-6-11-24(30-2)25(13-17)31-3/h4-14H,15H2,1-3H3/b9-4+. The largest absolute Gasteiger partial charge is 0.496 e. The Balaban J connectivity index is 1.76. The number of benzene rings is 3. The zero-order valence-electron chi connectivity index (χ0n) is 17.9. The second kappa shape index (κ2) is 10.7. The summed E-state index contributed by atoms with van der Waals surface area (Å²) in [4.78, 5) is 12.6. The van der Waals surface area contributed by atoms with Gasteiger partial charge in [0.1, 0.15) is 23.9 Å². The van der Waals surface area contributed by atoms with Crippen molar-refractivity contribution in [1.82, 2.24) is 0 Å². The smallest absolute Gasteiger partial charge is 0.185 e. The van der Waals surface area contributed by atoms with Crippen LogP contribution in [-0.4, -0.2) is 27.1 Å². The van der Waals surface area contributed by atoms with Crippen LogP contribution in [0.5, 0.6) is 23.0 Å². The lowest BCUT2D eigenvalue weighted by Gasteiger charge is -2.11. The van der Waals surface area contributed by atoms with E-state index in [1.807, 2.05) is 12.1 Å². The summed E-state index contributed by atoms with van der Waals surface area (Å²) in [5, 5.41) is -0.0141. The Hall–Kier alpha value is -3.51. The third-order valence-corrected chi connectivity index (χ3v) is 4.97. The van der Waals surface area contributed by atoms with Gasteiger partial charge in [-0.25, -0.2) is 4.39 Å². The maximum absolute atomic E-state index is 13.3. The summed E-state index contributed by atoms with van der Waals surface area (Å²) in [6, 6.07) is 14.6. The van der Waals surface area contributed by atoms with E-state index in [0.29, 0.717) is 28.6 Å². The number of ketones is 1. The minimum Gasteiger partial charge on any atom is -0.496 e. The number of ether oxygens (including phenoxy) is 4. The molecule has 0 aromatic heterocycles. The topological polar surface area (TPSA) is 54.0 Å². The SMILES string of the molecule is COc1ccc(/C=C/C(=O)c2ccc(OC)c(OC)c2)cc1COc1ccc(F)c(Cl)c1. The van der Waals surface area contributed by atoms with Gasteiger partial charge in [-0.2, -0.15) is 0 Å². The molecule has 3 aromatic rings. The number of rotatable bonds is 9. The molecule has 0 spiro atoms. The number of methoxy groups -OCH3 is 3. The van der Waals surface area contributed by atoms with Crippen molar-refractivity contribution in [3.05, 3.63) is 88.2 Å². The molecule has 0 saturated heterocycles. The van der Waals surface area contributed by atoms with Gasteiger partial charge in [0.2, 0.25) is 0 Å². The molecule has 0 saturated carbocycles. The Labute approximate surface area is 190 Å². The predicted molar refractivity (Wildman–Crippen MR) is 122 cm³/mol. The number of hydrogen-bond acceptors (Lipinski definition) is 5. The fourth-order valence-electron chi connectivity index (χ4n) is 3.00. The molecule has 7 heteroatoms. The summed E-state index contributed by atoms with van der Waals surface area (Å²) in [5.74, 6) is 1.40. The van der Waals surface area contributed by atoms with Crippen LogP contribution < -0.4 is 18.9 Å². The summed E-state index contributed by atoms with van der Waals surface area (Å²) in [7, 11) is 4.61. The van der Waals surface area contributed by atoms with E-state index in [4.69, 9.17) is 30.5 Å². The van der Waals surface area contributed by atoms with Crippen molar-refractivity contribution in [3.63, 3.8) is 0 Å². The van der Waals surface area contributed by atoms with Gasteiger partial charge in [0.25, 0.3) is 0 Å². The quantitative estimate of drug-likeness (QED) is 0.293. The molecule has 0 amide bonds. The third kappa shape index (κ3) is 5.59. The molecule has 3 rings (SSSR count). The van der Waals surface area contributed by atoms with E-state index in [-0.39, 0.29) is 17.4 Å². The summed E-state index contributed by atoms with van der Waals surface area (Å²) in [6.07, 6.45) is 3.18. The average Bonchev–Trinajstić information content (AvgIpc) is 2.82. The van der Waals surface area contributed by atoms with Crippen molar-refractivity contribution >= 4 is 23.5 Å². The van der Waals surface area contributed by atoms with Crippen molar-refractivity contribution < 1.29 is 28.1 Å². The van der Waals surface area contributed by atoms with E-state index in [0.717, 1.165) is 11.1 Å². The van der Waals surface area contributed by atoms with E-state index >= 15 is 0 Å². The first-order valence-corrected chi connectivity index (χ1v) is 10.0. The molecular weight excluding hydrogens is 435 g/mol. The Kier molecular flexibility index (Phi) is 7.73. The molecule has 5 nitrogen and oxygen atoms in total. The lowest BCUT2D eigenvalue weighted by molar-refractivity contribution is 0.104. The van der Waals surface area contributed by atoms with Gasteiger partial charge >= 0.3 is 0 Å². The summed E-state index contributed by atoms with van der Waals surface area (Å²) in [5.41, 5.74) is 2.02. The van der Waals surface area contributed by atoms with E-state index in [2.05, 4.69) is 0 Å². The maximum Gasteiger partial charge on any atom is 0.185 e. The van der Waals surface area contributed by atoms with Crippen molar-refractivity contribution in [2.75, 3.05) is 21.3 Å². The molecule has 0 unspecified atom stereocenters. The van der Waals surface area contributed by atoms with E-state index < -0.39 is 5.82 Å².